The first-order valence-corrected chi connectivity index (χ1v) is 6.32. The Morgan fingerprint density at radius 1 is 0.737 bits per heavy atom. The fourth-order valence-electron chi connectivity index (χ4n) is 2.28. The van der Waals surface area contributed by atoms with Crippen molar-refractivity contribution in [2.75, 3.05) is 0 Å². The lowest BCUT2D eigenvalue weighted by molar-refractivity contribution is 1.20. The molecule has 1 nitrogen and oxygen atoms in total. The standard InChI is InChI=1S/C18H13N/c19-13-15-7-5-14(6-8-15)11-16-9-10-17-3-1-2-4-18(17)12-16/h1-10,12H,11H2. The second-order valence-electron chi connectivity index (χ2n) is 4.67. The SMILES string of the molecule is N#Cc1ccc(Cc2ccc3ccccc3c2)cc1. The Morgan fingerprint density at radius 3 is 2.16 bits per heavy atom. The van der Waals surface area contributed by atoms with Gasteiger partial charge in [0, 0.05) is 0 Å². The maximum absolute atomic E-state index is 8.79. The van der Waals surface area contributed by atoms with E-state index in [-0.39, 0.29) is 0 Å². The summed E-state index contributed by atoms with van der Waals surface area (Å²) in [6.07, 6.45) is 0.899. The van der Waals surface area contributed by atoms with Crippen LogP contribution in [-0.4, -0.2) is 0 Å². The van der Waals surface area contributed by atoms with E-state index in [2.05, 4.69) is 48.5 Å². The largest absolute Gasteiger partial charge is 0.192 e. The lowest BCUT2D eigenvalue weighted by atomic mass is 10.0. The molecule has 0 spiro atoms. The molecule has 0 heterocycles. The summed E-state index contributed by atoms with van der Waals surface area (Å²) in [4.78, 5) is 0. The summed E-state index contributed by atoms with van der Waals surface area (Å²) in [5, 5.41) is 11.3. The number of nitriles is 1. The van der Waals surface area contributed by atoms with Crippen LogP contribution in [0.15, 0.2) is 66.7 Å². The Bertz CT molecular complexity index is 748. The monoisotopic (exact) mass is 243 g/mol. The van der Waals surface area contributed by atoms with Gasteiger partial charge in [0.15, 0.2) is 0 Å². The molecule has 3 aromatic rings. The Hall–Kier alpha value is -2.59. The fraction of sp³-hybridized carbons (Fsp3) is 0.0556. The molecule has 0 aliphatic rings. The third kappa shape index (κ3) is 2.48. The van der Waals surface area contributed by atoms with Crippen molar-refractivity contribution in [2.45, 2.75) is 6.42 Å². The normalized spacial score (nSPS) is 10.3. The van der Waals surface area contributed by atoms with E-state index in [0.29, 0.717) is 5.56 Å². The van der Waals surface area contributed by atoms with Crippen molar-refractivity contribution in [1.82, 2.24) is 0 Å². The van der Waals surface area contributed by atoms with E-state index in [1.165, 1.54) is 21.9 Å². The first-order chi connectivity index (χ1) is 9.35. The van der Waals surface area contributed by atoms with Crippen LogP contribution in [0.25, 0.3) is 10.8 Å². The van der Waals surface area contributed by atoms with Crippen molar-refractivity contribution in [3.05, 3.63) is 83.4 Å². The van der Waals surface area contributed by atoms with Crippen LogP contribution < -0.4 is 0 Å². The van der Waals surface area contributed by atoms with Gasteiger partial charge in [0.1, 0.15) is 0 Å². The number of hydrogen-bond donors (Lipinski definition) is 0. The topological polar surface area (TPSA) is 23.8 Å². The third-order valence-corrected chi connectivity index (χ3v) is 3.31. The molecule has 0 atom stereocenters. The highest BCUT2D eigenvalue weighted by molar-refractivity contribution is 5.83. The van der Waals surface area contributed by atoms with Gasteiger partial charge >= 0.3 is 0 Å². The molecule has 0 aliphatic heterocycles. The van der Waals surface area contributed by atoms with Crippen molar-refractivity contribution >= 4 is 10.8 Å². The zero-order chi connectivity index (χ0) is 13.1. The summed E-state index contributed by atoms with van der Waals surface area (Å²) >= 11 is 0. The molecule has 0 saturated heterocycles. The Balaban J connectivity index is 1.90. The molecule has 0 aromatic heterocycles. The lowest BCUT2D eigenvalue weighted by Gasteiger charge is -2.04. The number of benzene rings is 3. The molecule has 90 valence electrons. The van der Waals surface area contributed by atoms with Crippen molar-refractivity contribution in [1.29, 1.82) is 5.26 Å². The van der Waals surface area contributed by atoms with Crippen molar-refractivity contribution in [3.63, 3.8) is 0 Å². The predicted octanol–water partition coefficient (Wildman–Crippen LogP) is 4.30. The Labute approximate surface area is 112 Å². The van der Waals surface area contributed by atoms with Crippen LogP contribution in [0.2, 0.25) is 0 Å². The van der Waals surface area contributed by atoms with Crippen molar-refractivity contribution < 1.29 is 0 Å². The van der Waals surface area contributed by atoms with Gasteiger partial charge in [-0.1, -0.05) is 54.6 Å². The second-order valence-corrected chi connectivity index (χ2v) is 4.67. The van der Waals surface area contributed by atoms with E-state index in [1.807, 2.05) is 24.3 Å². The molecule has 3 aromatic carbocycles. The molecule has 0 unspecified atom stereocenters. The predicted molar refractivity (Wildman–Crippen MR) is 77.9 cm³/mol. The summed E-state index contributed by atoms with van der Waals surface area (Å²) in [5.74, 6) is 0. The average Bonchev–Trinajstić information content (AvgIpc) is 2.48. The first-order valence-electron chi connectivity index (χ1n) is 6.32. The summed E-state index contributed by atoms with van der Waals surface area (Å²) in [7, 11) is 0. The molecule has 0 N–H and O–H groups in total. The highest BCUT2D eigenvalue weighted by Gasteiger charge is 1.99. The van der Waals surface area contributed by atoms with Crippen LogP contribution in [0, 0.1) is 11.3 Å². The molecular weight excluding hydrogens is 230 g/mol. The molecule has 0 fully saturated rings. The van der Waals surface area contributed by atoms with Crippen LogP contribution in [-0.2, 0) is 6.42 Å². The second kappa shape index (κ2) is 4.96. The van der Waals surface area contributed by atoms with E-state index in [9.17, 15) is 0 Å². The molecular formula is C18H13N. The molecule has 0 amide bonds. The van der Waals surface area contributed by atoms with E-state index in [4.69, 9.17) is 5.26 Å². The number of rotatable bonds is 2. The van der Waals surface area contributed by atoms with Gasteiger partial charge in [0.25, 0.3) is 0 Å². The highest BCUT2D eigenvalue weighted by Crippen LogP contribution is 2.18. The van der Waals surface area contributed by atoms with Crippen LogP contribution in [0.3, 0.4) is 0 Å². The van der Waals surface area contributed by atoms with Gasteiger partial charge in [-0.2, -0.15) is 5.26 Å². The Morgan fingerprint density at radius 2 is 1.42 bits per heavy atom. The molecule has 0 bridgehead atoms. The smallest absolute Gasteiger partial charge is 0.0991 e. The fourth-order valence-corrected chi connectivity index (χ4v) is 2.28. The third-order valence-electron chi connectivity index (χ3n) is 3.31. The molecule has 19 heavy (non-hydrogen) atoms. The van der Waals surface area contributed by atoms with Gasteiger partial charge in [-0.25, -0.2) is 0 Å². The van der Waals surface area contributed by atoms with Gasteiger partial charge in [-0.3, -0.25) is 0 Å². The minimum atomic E-state index is 0.710. The maximum Gasteiger partial charge on any atom is 0.0991 e. The summed E-state index contributed by atoms with van der Waals surface area (Å²) in [6, 6.07) is 24.9. The molecule has 3 rings (SSSR count). The number of nitrogens with zero attached hydrogens (tertiary/aromatic N) is 1. The minimum absolute atomic E-state index is 0.710. The Kier molecular flexibility index (Phi) is 3.00. The number of fused-ring (bicyclic) bond motifs is 1. The highest BCUT2D eigenvalue weighted by atomic mass is 14.2. The quantitative estimate of drug-likeness (QED) is 0.658. The summed E-state index contributed by atoms with van der Waals surface area (Å²) in [6.45, 7) is 0. The van der Waals surface area contributed by atoms with Gasteiger partial charge < -0.3 is 0 Å². The average molecular weight is 243 g/mol. The van der Waals surface area contributed by atoms with E-state index < -0.39 is 0 Å². The summed E-state index contributed by atoms with van der Waals surface area (Å²) in [5.41, 5.74) is 3.24. The van der Waals surface area contributed by atoms with Crippen LogP contribution in [0.1, 0.15) is 16.7 Å². The molecule has 0 saturated carbocycles. The van der Waals surface area contributed by atoms with E-state index in [0.717, 1.165) is 6.42 Å². The summed E-state index contributed by atoms with van der Waals surface area (Å²) < 4.78 is 0. The van der Waals surface area contributed by atoms with Crippen molar-refractivity contribution in [3.8, 4) is 6.07 Å². The van der Waals surface area contributed by atoms with E-state index in [1.54, 1.807) is 0 Å². The van der Waals surface area contributed by atoms with Crippen LogP contribution >= 0.6 is 0 Å². The first kappa shape index (κ1) is 11.5. The molecule has 0 radical (unpaired) electrons. The zero-order valence-electron chi connectivity index (χ0n) is 10.5. The minimum Gasteiger partial charge on any atom is -0.192 e. The van der Waals surface area contributed by atoms with E-state index >= 15 is 0 Å². The van der Waals surface area contributed by atoms with Gasteiger partial charge in [0.05, 0.1) is 11.6 Å². The van der Waals surface area contributed by atoms with Gasteiger partial charge in [-0.05, 0) is 40.5 Å². The maximum atomic E-state index is 8.79. The van der Waals surface area contributed by atoms with Crippen LogP contribution in [0.5, 0.6) is 0 Å². The molecule has 1 heteroatoms. The lowest BCUT2D eigenvalue weighted by Crippen LogP contribution is -1.88. The number of hydrogen-bond acceptors (Lipinski definition) is 1. The zero-order valence-corrected chi connectivity index (χ0v) is 10.5. The molecule has 0 aliphatic carbocycles. The van der Waals surface area contributed by atoms with Crippen molar-refractivity contribution in [2.24, 2.45) is 0 Å². The van der Waals surface area contributed by atoms with Gasteiger partial charge in [-0.15, -0.1) is 0 Å². The van der Waals surface area contributed by atoms with Crippen LogP contribution in [0.4, 0.5) is 0 Å². The van der Waals surface area contributed by atoms with Gasteiger partial charge in [0.2, 0.25) is 0 Å².